The average molecular weight is 381 g/mol. The fourth-order valence-corrected chi connectivity index (χ4v) is 2.51. The zero-order valence-electron chi connectivity index (χ0n) is 12.6. The molecule has 24 heavy (non-hydrogen) atoms. The van der Waals surface area contributed by atoms with E-state index in [2.05, 4.69) is 26.1 Å². The molecule has 3 rings (SSSR count). The van der Waals surface area contributed by atoms with Gasteiger partial charge in [-0.15, -0.1) is 0 Å². The highest BCUT2D eigenvalue weighted by atomic mass is 79.9. The number of aromatic nitrogens is 2. The van der Waals surface area contributed by atoms with E-state index in [1.165, 1.54) is 12.1 Å². The third-order valence-corrected chi connectivity index (χ3v) is 3.96. The number of hydrogen-bond acceptors (Lipinski definition) is 3. The van der Waals surface area contributed by atoms with E-state index in [1.54, 1.807) is 18.2 Å². The van der Waals surface area contributed by atoms with Gasteiger partial charge in [-0.1, -0.05) is 46.3 Å². The van der Waals surface area contributed by atoms with Crippen molar-refractivity contribution in [2.24, 2.45) is 0 Å². The highest BCUT2D eigenvalue weighted by Crippen LogP contribution is 2.20. The first-order valence-corrected chi connectivity index (χ1v) is 8.06. The number of rotatable bonds is 4. The van der Waals surface area contributed by atoms with Gasteiger partial charge in [0.25, 0.3) is 5.56 Å². The Labute approximate surface area is 147 Å². The summed E-state index contributed by atoms with van der Waals surface area (Å²) in [6, 6.07) is 18.0. The molecular weight excluding hydrogens is 368 g/mol. The molecule has 1 N–H and O–H groups in total. The second-order valence-corrected chi connectivity index (χ2v) is 6.02. The molecule has 0 amide bonds. The van der Waals surface area contributed by atoms with Crippen molar-refractivity contribution in [1.82, 2.24) is 10.2 Å². The number of benzene rings is 2. The molecule has 0 spiro atoms. The molecule has 0 aliphatic heterocycles. The van der Waals surface area contributed by atoms with Crippen LogP contribution in [0.25, 0.3) is 17.3 Å². The molecule has 0 saturated carbocycles. The summed E-state index contributed by atoms with van der Waals surface area (Å²) >= 11 is 3.34. The predicted octanol–water partition coefficient (Wildman–Crippen LogP) is 4.10. The summed E-state index contributed by atoms with van der Waals surface area (Å²) in [5, 5.41) is 6.54. The number of carbonyl (C=O) groups is 1. The molecule has 1 heterocycles. The number of nitrogens with zero attached hydrogens (tertiary/aromatic N) is 1. The number of halogens is 1. The van der Waals surface area contributed by atoms with Crippen molar-refractivity contribution in [3.8, 4) is 11.3 Å². The Bertz CT molecular complexity index is 945. The van der Waals surface area contributed by atoms with Gasteiger partial charge in [0, 0.05) is 27.2 Å². The van der Waals surface area contributed by atoms with Crippen LogP contribution in [0.4, 0.5) is 0 Å². The summed E-state index contributed by atoms with van der Waals surface area (Å²) < 4.78 is 0.910. The molecule has 0 unspecified atom stereocenters. The Morgan fingerprint density at radius 3 is 2.46 bits per heavy atom. The molecule has 0 aliphatic rings. The first-order chi connectivity index (χ1) is 11.6. The van der Waals surface area contributed by atoms with E-state index in [-0.39, 0.29) is 11.3 Å². The normalized spacial score (nSPS) is 10.9. The van der Waals surface area contributed by atoms with E-state index in [9.17, 15) is 9.59 Å². The van der Waals surface area contributed by atoms with E-state index in [0.29, 0.717) is 16.8 Å². The van der Waals surface area contributed by atoms with E-state index in [4.69, 9.17) is 0 Å². The Hall–Kier alpha value is -2.79. The van der Waals surface area contributed by atoms with E-state index >= 15 is 0 Å². The van der Waals surface area contributed by atoms with Gasteiger partial charge in [-0.2, -0.15) is 5.10 Å². The molecule has 0 aliphatic carbocycles. The largest absolute Gasteiger partial charge is 0.289 e. The van der Waals surface area contributed by atoms with Crippen LogP contribution >= 0.6 is 15.9 Å². The Kier molecular flexibility index (Phi) is 4.82. The van der Waals surface area contributed by atoms with Gasteiger partial charge in [0.05, 0.1) is 5.69 Å². The lowest BCUT2D eigenvalue weighted by Gasteiger charge is -2.04. The van der Waals surface area contributed by atoms with Crippen LogP contribution < -0.4 is 5.56 Å². The summed E-state index contributed by atoms with van der Waals surface area (Å²) in [5.74, 6) is -0.137. The second kappa shape index (κ2) is 7.19. The molecule has 0 bridgehead atoms. The maximum Gasteiger partial charge on any atom is 0.264 e. The molecule has 5 heteroatoms. The minimum Gasteiger partial charge on any atom is -0.289 e. The van der Waals surface area contributed by atoms with Crippen LogP contribution in [0.5, 0.6) is 0 Å². The summed E-state index contributed by atoms with van der Waals surface area (Å²) in [6.07, 6.45) is 3.07. The highest BCUT2D eigenvalue weighted by Gasteiger charge is 2.07. The van der Waals surface area contributed by atoms with Gasteiger partial charge in [0.2, 0.25) is 0 Å². The first kappa shape index (κ1) is 16.1. The number of aromatic amines is 1. The minimum absolute atomic E-state index is 0.137. The van der Waals surface area contributed by atoms with Crippen molar-refractivity contribution in [2.45, 2.75) is 0 Å². The highest BCUT2D eigenvalue weighted by molar-refractivity contribution is 9.10. The molecule has 1 aromatic heterocycles. The van der Waals surface area contributed by atoms with Crippen LogP contribution in [0.3, 0.4) is 0 Å². The standard InChI is InChI=1S/C19H13BrN2O2/c20-16-9-6-13(7-10-16)17(23)11-8-15-12-18(24)21-22-19(15)14-4-2-1-3-5-14/h1-12H,(H,21,24)/b11-8+. The van der Waals surface area contributed by atoms with Crippen LogP contribution in [-0.2, 0) is 0 Å². The minimum atomic E-state index is -0.314. The van der Waals surface area contributed by atoms with Crippen molar-refractivity contribution in [2.75, 3.05) is 0 Å². The van der Waals surface area contributed by atoms with Crippen LogP contribution in [0.15, 0.2) is 76.0 Å². The van der Waals surface area contributed by atoms with Gasteiger partial charge in [-0.25, -0.2) is 5.10 Å². The van der Waals surface area contributed by atoms with Crippen LogP contribution in [0.1, 0.15) is 15.9 Å². The van der Waals surface area contributed by atoms with Crippen molar-refractivity contribution in [1.29, 1.82) is 0 Å². The summed E-state index contributed by atoms with van der Waals surface area (Å²) in [7, 11) is 0. The molecule has 4 nitrogen and oxygen atoms in total. The molecule has 0 atom stereocenters. The molecular formula is C19H13BrN2O2. The Morgan fingerprint density at radius 2 is 1.75 bits per heavy atom. The van der Waals surface area contributed by atoms with Gasteiger partial charge in [-0.3, -0.25) is 9.59 Å². The fraction of sp³-hybridized carbons (Fsp3) is 0. The Morgan fingerprint density at radius 1 is 1.04 bits per heavy atom. The van der Waals surface area contributed by atoms with Crippen LogP contribution in [0.2, 0.25) is 0 Å². The lowest BCUT2D eigenvalue weighted by Crippen LogP contribution is -2.08. The third kappa shape index (κ3) is 3.75. The van der Waals surface area contributed by atoms with Gasteiger partial charge in [0.1, 0.15) is 0 Å². The second-order valence-electron chi connectivity index (χ2n) is 5.11. The van der Waals surface area contributed by atoms with Gasteiger partial charge in [0.15, 0.2) is 5.78 Å². The summed E-state index contributed by atoms with van der Waals surface area (Å²) in [5.41, 5.74) is 2.34. The number of carbonyl (C=O) groups excluding carboxylic acids is 1. The molecule has 3 aromatic rings. The fourth-order valence-electron chi connectivity index (χ4n) is 2.25. The van der Waals surface area contributed by atoms with Gasteiger partial charge in [-0.05, 0) is 36.4 Å². The maximum absolute atomic E-state index is 12.3. The van der Waals surface area contributed by atoms with Gasteiger partial charge >= 0.3 is 0 Å². The quantitative estimate of drug-likeness (QED) is 0.547. The number of H-pyrrole nitrogens is 1. The zero-order chi connectivity index (χ0) is 16.9. The summed E-state index contributed by atoms with van der Waals surface area (Å²) in [4.78, 5) is 23.8. The molecule has 0 radical (unpaired) electrons. The predicted molar refractivity (Wildman–Crippen MR) is 97.8 cm³/mol. The third-order valence-electron chi connectivity index (χ3n) is 3.43. The van der Waals surface area contributed by atoms with Crippen molar-refractivity contribution < 1.29 is 4.79 Å². The molecule has 0 saturated heterocycles. The van der Waals surface area contributed by atoms with E-state index in [0.717, 1.165) is 10.0 Å². The van der Waals surface area contributed by atoms with E-state index < -0.39 is 0 Å². The van der Waals surface area contributed by atoms with E-state index in [1.807, 2.05) is 42.5 Å². The Balaban J connectivity index is 1.94. The number of ketones is 1. The number of allylic oxidation sites excluding steroid dienone is 1. The van der Waals surface area contributed by atoms with Crippen LogP contribution in [0, 0.1) is 0 Å². The maximum atomic E-state index is 12.3. The molecule has 0 fully saturated rings. The average Bonchev–Trinajstić information content (AvgIpc) is 2.61. The monoisotopic (exact) mass is 380 g/mol. The van der Waals surface area contributed by atoms with Gasteiger partial charge < -0.3 is 0 Å². The lowest BCUT2D eigenvalue weighted by atomic mass is 10.0. The molecule has 118 valence electrons. The van der Waals surface area contributed by atoms with Crippen molar-refractivity contribution >= 4 is 27.8 Å². The van der Waals surface area contributed by atoms with Crippen LogP contribution in [-0.4, -0.2) is 16.0 Å². The number of hydrogen-bond donors (Lipinski definition) is 1. The van der Waals surface area contributed by atoms with Crippen molar-refractivity contribution in [3.05, 3.63) is 92.7 Å². The zero-order valence-corrected chi connectivity index (χ0v) is 14.2. The summed E-state index contributed by atoms with van der Waals surface area (Å²) in [6.45, 7) is 0. The SMILES string of the molecule is O=C(/C=C/c1cc(=O)[nH]nc1-c1ccccc1)c1ccc(Br)cc1. The smallest absolute Gasteiger partial charge is 0.264 e. The molecule has 2 aromatic carbocycles. The topological polar surface area (TPSA) is 62.8 Å². The first-order valence-electron chi connectivity index (χ1n) is 7.26. The number of nitrogens with one attached hydrogen (secondary N) is 1. The lowest BCUT2D eigenvalue weighted by molar-refractivity contribution is 0.104. The van der Waals surface area contributed by atoms with Crippen molar-refractivity contribution in [3.63, 3.8) is 0 Å².